The molecule has 0 bridgehead atoms. The zero-order valence-electron chi connectivity index (χ0n) is 25.6. The summed E-state index contributed by atoms with van der Waals surface area (Å²) in [5.41, 5.74) is 5.22. The number of aliphatic carboxylic acids is 1. The van der Waals surface area contributed by atoms with Gasteiger partial charge in [-0.2, -0.15) is 13.2 Å². The van der Waals surface area contributed by atoms with Crippen molar-refractivity contribution in [3.63, 3.8) is 0 Å². The van der Waals surface area contributed by atoms with E-state index in [2.05, 4.69) is 35.7 Å². The molecule has 0 radical (unpaired) electrons. The molecule has 2 N–H and O–H groups in total. The van der Waals surface area contributed by atoms with Gasteiger partial charge in [0.15, 0.2) is 0 Å². The number of H-pyrrole nitrogens is 1. The quantitative estimate of drug-likeness (QED) is 0.157. The number of pyridine rings is 2. The lowest BCUT2D eigenvalue weighted by Crippen LogP contribution is -2.17. The van der Waals surface area contributed by atoms with Gasteiger partial charge in [0.25, 0.3) is 0 Å². The van der Waals surface area contributed by atoms with Gasteiger partial charge in [-0.3, -0.25) is 14.8 Å². The molecule has 0 aliphatic heterocycles. The van der Waals surface area contributed by atoms with Crippen LogP contribution >= 0.6 is 11.8 Å². The average Bonchev–Trinajstić information content (AvgIpc) is 3.33. The molecule has 0 saturated carbocycles. The van der Waals surface area contributed by atoms with Crippen molar-refractivity contribution in [3.05, 3.63) is 107 Å². The number of halogens is 3. The number of fused-ring (bicyclic) bond motifs is 1. The largest absolute Gasteiger partial charge is 0.487 e. The van der Waals surface area contributed by atoms with Crippen LogP contribution in [0.3, 0.4) is 0 Å². The van der Waals surface area contributed by atoms with Crippen molar-refractivity contribution in [1.82, 2.24) is 15.0 Å². The van der Waals surface area contributed by atoms with Crippen LogP contribution < -0.4 is 4.74 Å². The lowest BCUT2D eigenvalue weighted by atomic mass is 9.95. The molecule has 45 heavy (non-hydrogen) atoms. The molecule has 0 aliphatic rings. The van der Waals surface area contributed by atoms with Gasteiger partial charge >= 0.3 is 12.1 Å². The Morgan fingerprint density at radius 2 is 1.69 bits per heavy atom. The Morgan fingerprint density at radius 1 is 0.956 bits per heavy atom. The first-order chi connectivity index (χ1) is 21.2. The molecular formula is C35H34F3N3O3S. The van der Waals surface area contributed by atoms with Crippen LogP contribution in [0.25, 0.3) is 22.2 Å². The summed E-state index contributed by atoms with van der Waals surface area (Å²) < 4.78 is 44.8. The summed E-state index contributed by atoms with van der Waals surface area (Å²) in [5, 5.41) is 11.4. The van der Waals surface area contributed by atoms with Crippen molar-refractivity contribution in [2.75, 3.05) is 0 Å². The minimum atomic E-state index is -4.46. The van der Waals surface area contributed by atoms with E-state index in [9.17, 15) is 23.1 Å². The maximum Gasteiger partial charge on any atom is 0.417 e. The SMILES string of the molecule is Cc1ccc(COc2ccc3[nH]c(C(Cc4ccc(-c5ccc(C(F)(F)F)cn5)cc4)C(=O)O)c(SC(C)(C)C)c3c2C)nc1. The minimum absolute atomic E-state index is 0.210. The summed E-state index contributed by atoms with van der Waals surface area (Å²) in [5.74, 6) is -1.14. The molecule has 0 fully saturated rings. The number of alkyl halides is 3. The smallest absolute Gasteiger partial charge is 0.417 e. The molecule has 6 nitrogen and oxygen atoms in total. The number of carboxylic acids is 1. The van der Waals surface area contributed by atoms with E-state index in [1.165, 1.54) is 6.07 Å². The first-order valence-electron chi connectivity index (χ1n) is 14.4. The Balaban J connectivity index is 1.46. The summed E-state index contributed by atoms with van der Waals surface area (Å²) in [7, 11) is 0. The highest BCUT2D eigenvalue weighted by Gasteiger charge is 2.31. The molecule has 5 aromatic rings. The van der Waals surface area contributed by atoms with Gasteiger partial charge in [0.05, 0.1) is 17.0 Å². The summed E-state index contributed by atoms with van der Waals surface area (Å²) in [6, 6.07) is 17.1. The number of ether oxygens (including phenoxy) is 1. The van der Waals surface area contributed by atoms with Gasteiger partial charge in [-0.1, -0.05) is 51.1 Å². The number of aromatic nitrogens is 3. The average molecular weight is 634 g/mol. The van der Waals surface area contributed by atoms with Crippen molar-refractivity contribution < 1.29 is 27.8 Å². The number of nitrogens with zero attached hydrogens (tertiary/aromatic N) is 2. The lowest BCUT2D eigenvalue weighted by Gasteiger charge is -2.21. The molecule has 1 atom stereocenters. The van der Waals surface area contributed by atoms with Crippen LogP contribution in [-0.2, 0) is 24.0 Å². The number of hydrogen-bond donors (Lipinski definition) is 2. The van der Waals surface area contributed by atoms with Crippen molar-refractivity contribution in [2.45, 2.75) is 69.4 Å². The normalized spacial score (nSPS) is 12.8. The maximum absolute atomic E-state index is 12.9. The van der Waals surface area contributed by atoms with Gasteiger partial charge in [-0.15, -0.1) is 11.8 Å². The monoisotopic (exact) mass is 633 g/mol. The first-order valence-corrected chi connectivity index (χ1v) is 15.2. The predicted molar refractivity (Wildman–Crippen MR) is 171 cm³/mol. The predicted octanol–water partition coefficient (Wildman–Crippen LogP) is 9.14. The van der Waals surface area contributed by atoms with E-state index in [0.717, 1.165) is 50.4 Å². The highest BCUT2D eigenvalue weighted by molar-refractivity contribution is 8.00. The molecule has 0 saturated heterocycles. The first kappa shape index (κ1) is 32.1. The van der Waals surface area contributed by atoms with Gasteiger partial charge in [-0.05, 0) is 61.7 Å². The highest BCUT2D eigenvalue weighted by Crippen LogP contribution is 2.45. The molecule has 0 amide bonds. The van der Waals surface area contributed by atoms with Crippen molar-refractivity contribution in [2.24, 2.45) is 0 Å². The fourth-order valence-electron chi connectivity index (χ4n) is 5.07. The maximum atomic E-state index is 12.9. The Kier molecular flexibility index (Phi) is 8.98. The summed E-state index contributed by atoms with van der Waals surface area (Å²) in [6.45, 7) is 10.5. The second-order valence-corrected chi connectivity index (χ2v) is 13.9. The van der Waals surface area contributed by atoms with Gasteiger partial charge in [0.2, 0.25) is 0 Å². The number of thioether (sulfide) groups is 1. The second-order valence-electron chi connectivity index (χ2n) is 12.0. The Labute approximate surface area is 264 Å². The Bertz CT molecular complexity index is 1810. The second kappa shape index (κ2) is 12.6. The third-order valence-electron chi connectivity index (χ3n) is 7.34. The van der Waals surface area contributed by atoms with Crippen molar-refractivity contribution in [3.8, 4) is 17.0 Å². The minimum Gasteiger partial charge on any atom is -0.487 e. The third-order valence-corrected chi connectivity index (χ3v) is 8.58. The number of hydrogen-bond acceptors (Lipinski definition) is 5. The molecule has 234 valence electrons. The van der Waals surface area contributed by atoms with Crippen molar-refractivity contribution in [1.29, 1.82) is 0 Å². The number of aryl methyl sites for hydroxylation is 2. The molecule has 3 aromatic heterocycles. The van der Waals surface area contributed by atoms with Crippen LogP contribution in [0.15, 0.2) is 78.0 Å². The van der Waals surface area contributed by atoms with E-state index in [1.807, 2.05) is 38.1 Å². The number of carboxylic acid groups (broad SMARTS) is 1. The summed E-state index contributed by atoms with van der Waals surface area (Å²) >= 11 is 1.61. The zero-order valence-corrected chi connectivity index (χ0v) is 26.4. The van der Waals surface area contributed by atoms with E-state index >= 15 is 0 Å². The number of carbonyl (C=O) groups is 1. The summed E-state index contributed by atoms with van der Waals surface area (Å²) in [4.78, 5) is 25.5. The lowest BCUT2D eigenvalue weighted by molar-refractivity contribution is -0.139. The molecule has 10 heteroatoms. The van der Waals surface area contributed by atoms with E-state index in [4.69, 9.17) is 4.74 Å². The molecule has 0 spiro atoms. The van der Waals surface area contributed by atoms with Crippen LogP contribution in [0.1, 0.15) is 60.3 Å². The molecular weight excluding hydrogens is 599 g/mol. The third kappa shape index (κ3) is 7.50. The fraction of sp³-hybridized carbons (Fsp3) is 0.286. The number of nitrogens with one attached hydrogen (secondary N) is 1. The van der Waals surface area contributed by atoms with E-state index < -0.39 is 23.6 Å². The fourth-order valence-corrected chi connectivity index (χ4v) is 6.35. The van der Waals surface area contributed by atoms with Gasteiger partial charge in [0.1, 0.15) is 18.3 Å². The van der Waals surface area contributed by atoms with Crippen LogP contribution in [-0.4, -0.2) is 30.8 Å². The van der Waals surface area contributed by atoms with E-state index in [0.29, 0.717) is 29.3 Å². The van der Waals surface area contributed by atoms with E-state index in [-0.39, 0.29) is 11.2 Å². The van der Waals surface area contributed by atoms with Crippen LogP contribution in [0.4, 0.5) is 13.2 Å². The van der Waals surface area contributed by atoms with Gasteiger partial charge in [-0.25, -0.2) is 0 Å². The molecule has 3 heterocycles. The molecule has 5 rings (SSSR count). The van der Waals surface area contributed by atoms with Crippen LogP contribution in [0, 0.1) is 13.8 Å². The number of benzene rings is 2. The number of rotatable bonds is 9. The van der Waals surface area contributed by atoms with Crippen LogP contribution in [0.5, 0.6) is 5.75 Å². The molecule has 1 unspecified atom stereocenters. The Morgan fingerprint density at radius 3 is 2.27 bits per heavy atom. The number of aromatic amines is 1. The van der Waals surface area contributed by atoms with Crippen molar-refractivity contribution >= 4 is 28.6 Å². The van der Waals surface area contributed by atoms with Crippen LogP contribution in [0.2, 0.25) is 0 Å². The zero-order chi connectivity index (χ0) is 32.5. The topological polar surface area (TPSA) is 88.1 Å². The van der Waals surface area contributed by atoms with E-state index in [1.54, 1.807) is 42.2 Å². The molecule has 0 aliphatic carbocycles. The summed E-state index contributed by atoms with van der Waals surface area (Å²) in [6.07, 6.45) is -1.63. The molecule has 2 aromatic carbocycles. The highest BCUT2D eigenvalue weighted by atomic mass is 32.2. The van der Waals surface area contributed by atoms with Gasteiger partial charge < -0.3 is 14.8 Å². The van der Waals surface area contributed by atoms with Gasteiger partial charge in [0, 0.05) is 49.8 Å². The standard InChI is InChI=1S/C35H34F3N3O3S/c1-20-6-12-25(39-17-20)19-44-29-15-14-28-30(21(29)2)32(45-34(3,4)5)31(41-28)26(33(42)43)16-22-7-9-23(10-8-22)27-13-11-24(18-40-27)35(36,37)38/h6-15,17-18,26,41H,16,19H2,1-5H3,(H,42,43). The Hall–Kier alpha value is -4.31.